The van der Waals surface area contributed by atoms with Gasteiger partial charge in [-0.15, -0.1) is 0 Å². The normalized spacial score (nSPS) is 11.3. The van der Waals surface area contributed by atoms with Crippen molar-refractivity contribution in [2.75, 3.05) is 5.43 Å². The minimum Gasteiger partial charge on any atom is -0.308 e. The van der Waals surface area contributed by atoms with Crippen molar-refractivity contribution in [3.05, 3.63) is 12.0 Å². The maximum absolute atomic E-state index is 5.39. The number of aryl methyl sites for hydroxylation is 1. The molecule has 3 N–H and O–H groups in total. The minimum atomic E-state index is 0.266. The van der Waals surface area contributed by atoms with E-state index in [2.05, 4.69) is 34.3 Å². The van der Waals surface area contributed by atoms with Crippen molar-refractivity contribution in [3.63, 3.8) is 0 Å². The fourth-order valence-electron chi connectivity index (χ4n) is 1.52. The first-order valence-electron chi connectivity index (χ1n) is 4.82. The van der Waals surface area contributed by atoms with Crippen LogP contribution in [0.1, 0.15) is 25.7 Å². The molecule has 0 spiro atoms. The third-order valence-corrected chi connectivity index (χ3v) is 2.19. The number of hydrazine groups is 1. The van der Waals surface area contributed by atoms with Crippen LogP contribution < -0.4 is 11.3 Å². The van der Waals surface area contributed by atoms with E-state index in [1.165, 1.54) is 0 Å². The molecule has 0 aliphatic rings. The van der Waals surface area contributed by atoms with Gasteiger partial charge in [0.05, 0.1) is 11.6 Å². The number of hydrogen-bond donors (Lipinski definition) is 2. The summed E-state index contributed by atoms with van der Waals surface area (Å²) in [5.74, 6) is 6.69. The summed E-state index contributed by atoms with van der Waals surface area (Å²) in [6.45, 7) is 5.94. The molecule has 0 aliphatic heterocycles. The lowest BCUT2D eigenvalue weighted by Crippen LogP contribution is -2.11. The maximum atomic E-state index is 5.39. The van der Waals surface area contributed by atoms with Crippen LogP contribution in [0.25, 0.3) is 11.0 Å². The molecule has 0 saturated heterocycles. The lowest BCUT2D eigenvalue weighted by Gasteiger charge is -2.07. The number of aromatic nitrogens is 4. The van der Waals surface area contributed by atoms with Gasteiger partial charge in [0.15, 0.2) is 11.5 Å². The van der Waals surface area contributed by atoms with Crippen LogP contribution in [0.15, 0.2) is 6.20 Å². The number of nitrogens with zero attached hydrogens (tertiary/aromatic N) is 4. The molecule has 0 aromatic carbocycles. The highest BCUT2D eigenvalue weighted by Crippen LogP contribution is 2.21. The number of anilines is 1. The lowest BCUT2D eigenvalue weighted by atomic mass is 10.3. The van der Waals surface area contributed by atoms with Crippen molar-refractivity contribution in [2.24, 2.45) is 5.84 Å². The molecule has 0 radical (unpaired) electrons. The van der Waals surface area contributed by atoms with Gasteiger partial charge in [-0.3, -0.25) is 0 Å². The van der Waals surface area contributed by atoms with Crippen LogP contribution in [0.4, 0.5) is 5.82 Å². The molecular weight excluding hydrogens is 192 g/mol. The summed E-state index contributed by atoms with van der Waals surface area (Å²) in [6, 6.07) is 0.266. The van der Waals surface area contributed by atoms with Crippen molar-refractivity contribution in [2.45, 2.75) is 26.8 Å². The smallest absolute Gasteiger partial charge is 0.163 e. The Bertz CT molecular complexity index is 487. The summed E-state index contributed by atoms with van der Waals surface area (Å²) in [4.78, 5) is 8.55. The van der Waals surface area contributed by atoms with Crippen LogP contribution in [0.3, 0.4) is 0 Å². The van der Waals surface area contributed by atoms with Gasteiger partial charge in [0, 0.05) is 6.04 Å². The van der Waals surface area contributed by atoms with Gasteiger partial charge in [-0.1, -0.05) is 0 Å². The Balaban J connectivity index is 2.75. The molecule has 0 saturated carbocycles. The van der Waals surface area contributed by atoms with E-state index in [9.17, 15) is 0 Å². The van der Waals surface area contributed by atoms with E-state index >= 15 is 0 Å². The van der Waals surface area contributed by atoms with Crippen LogP contribution >= 0.6 is 0 Å². The van der Waals surface area contributed by atoms with Gasteiger partial charge in [0.1, 0.15) is 5.82 Å². The Kier molecular flexibility index (Phi) is 2.28. The number of nitrogens with one attached hydrogen (secondary N) is 1. The second-order valence-corrected chi connectivity index (χ2v) is 3.68. The predicted octanol–water partition coefficient (Wildman–Crippen LogP) is 1.00. The fourth-order valence-corrected chi connectivity index (χ4v) is 1.52. The number of nitrogens with two attached hydrogens (primary N) is 1. The Morgan fingerprint density at radius 1 is 1.40 bits per heavy atom. The van der Waals surface area contributed by atoms with Gasteiger partial charge in [0.25, 0.3) is 0 Å². The van der Waals surface area contributed by atoms with Crippen molar-refractivity contribution in [1.82, 2.24) is 19.7 Å². The summed E-state index contributed by atoms with van der Waals surface area (Å²) in [5.41, 5.74) is 3.37. The largest absolute Gasteiger partial charge is 0.308 e. The third kappa shape index (κ3) is 1.52. The summed E-state index contributed by atoms with van der Waals surface area (Å²) in [5, 5.41) is 5.11. The van der Waals surface area contributed by atoms with Gasteiger partial charge >= 0.3 is 0 Å². The highest BCUT2D eigenvalue weighted by molar-refractivity contribution is 5.86. The zero-order chi connectivity index (χ0) is 11.0. The van der Waals surface area contributed by atoms with Gasteiger partial charge in [-0.2, -0.15) is 5.10 Å². The van der Waals surface area contributed by atoms with Crippen molar-refractivity contribution >= 4 is 16.9 Å². The molecule has 2 rings (SSSR count). The van der Waals surface area contributed by atoms with Crippen LogP contribution in [-0.4, -0.2) is 19.7 Å². The fraction of sp³-hybridized carbons (Fsp3) is 0.444. The molecule has 2 aromatic rings. The molecule has 6 nitrogen and oxygen atoms in total. The third-order valence-electron chi connectivity index (χ3n) is 2.19. The van der Waals surface area contributed by atoms with Crippen molar-refractivity contribution in [1.29, 1.82) is 0 Å². The summed E-state index contributed by atoms with van der Waals surface area (Å²) < 4.78 is 1.85. The molecule has 2 aromatic heterocycles. The second-order valence-electron chi connectivity index (χ2n) is 3.68. The van der Waals surface area contributed by atoms with Gasteiger partial charge in [-0.25, -0.2) is 20.5 Å². The van der Waals surface area contributed by atoms with E-state index in [1.807, 2.05) is 11.6 Å². The average molecular weight is 206 g/mol. The zero-order valence-electron chi connectivity index (χ0n) is 9.02. The molecule has 0 unspecified atom stereocenters. The molecule has 6 heteroatoms. The topological polar surface area (TPSA) is 81.6 Å². The van der Waals surface area contributed by atoms with E-state index in [-0.39, 0.29) is 6.04 Å². The second kappa shape index (κ2) is 3.47. The first kappa shape index (κ1) is 9.85. The molecule has 0 bridgehead atoms. The van der Waals surface area contributed by atoms with E-state index in [1.54, 1.807) is 6.20 Å². The molecule has 80 valence electrons. The monoisotopic (exact) mass is 206 g/mol. The van der Waals surface area contributed by atoms with E-state index in [0.29, 0.717) is 11.6 Å². The molecule has 0 amide bonds. The van der Waals surface area contributed by atoms with E-state index in [0.717, 1.165) is 11.0 Å². The number of rotatable bonds is 2. The molecule has 15 heavy (non-hydrogen) atoms. The van der Waals surface area contributed by atoms with Crippen LogP contribution in [0.2, 0.25) is 0 Å². The summed E-state index contributed by atoms with van der Waals surface area (Å²) >= 11 is 0. The highest BCUT2D eigenvalue weighted by atomic mass is 15.3. The first-order valence-corrected chi connectivity index (χ1v) is 4.82. The first-order chi connectivity index (χ1) is 7.13. The van der Waals surface area contributed by atoms with Crippen LogP contribution in [-0.2, 0) is 0 Å². The number of hydrogen-bond acceptors (Lipinski definition) is 5. The standard InChI is InChI=1S/C9H14N6/c1-5(2)15-9-7(4-11-15)8(14-10)12-6(3)13-9/h4-5H,10H2,1-3H3,(H,12,13,14). The maximum Gasteiger partial charge on any atom is 0.163 e. The van der Waals surface area contributed by atoms with Gasteiger partial charge < -0.3 is 5.43 Å². The number of nitrogen functional groups attached to an aromatic ring is 1. The quantitative estimate of drug-likeness (QED) is 0.566. The molecule has 2 heterocycles. The lowest BCUT2D eigenvalue weighted by molar-refractivity contribution is 0.546. The van der Waals surface area contributed by atoms with Crippen molar-refractivity contribution in [3.8, 4) is 0 Å². The molecule has 0 atom stereocenters. The number of fused-ring (bicyclic) bond motifs is 1. The molecular formula is C9H14N6. The van der Waals surface area contributed by atoms with E-state index in [4.69, 9.17) is 5.84 Å². The van der Waals surface area contributed by atoms with Crippen molar-refractivity contribution < 1.29 is 0 Å². The Hall–Kier alpha value is -1.69. The molecule has 0 aliphatic carbocycles. The van der Waals surface area contributed by atoms with E-state index < -0.39 is 0 Å². The average Bonchev–Trinajstić information content (AvgIpc) is 2.59. The predicted molar refractivity (Wildman–Crippen MR) is 58.3 cm³/mol. The minimum absolute atomic E-state index is 0.266. The van der Waals surface area contributed by atoms with Crippen LogP contribution in [0, 0.1) is 6.92 Å². The summed E-state index contributed by atoms with van der Waals surface area (Å²) in [7, 11) is 0. The van der Waals surface area contributed by atoms with Crippen LogP contribution in [0.5, 0.6) is 0 Å². The zero-order valence-corrected chi connectivity index (χ0v) is 9.02. The summed E-state index contributed by atoms with van der Waals surface area (Å²) in [6.07, 6.45) is 1.73. The Morgan fingerprint density at radius 2 is 2.13 bits per heavy atom. The van der Waals surface area contributed by atoms with Gasteiger partial charge in [-0.05, 0) is 20.8 Å². The Morgan fingerprint density at radius 3 is 2.73 bits per heavy atom. The highest BCUT2D eigenvalue weighted by Gasteiger charge is 2.11. The SMILES string of the molecule is Cc1nc(NN)c2cnn(C(C)C)c2n1. The Labute approximate surface area is 87.5 Å². The molecule has 0 fully saturated rings. The van der Waals surface area contributed by atoms with Gasteiger partial charge in [0.2, 0.25) is 0 Å².